The molecular formula is C19H22N2O2. The molecule has 0 saturated carbocycles. The SMILES string of the molecule is CC=CC(Cc1ccccc1)ON(N)C(=O)Cc1ccccc1. The molecule has 2 aromatic rings. The van der Waals surface area contributed by atoms with E-state index in [4.69, 9.17) is 10.7 Å². The van der Waals surface area contributed by atoms with Gasteiger partial charge in [-0.1, -0.05) is 72.8 Å². The van der Waals surface area contributed by atoms with Crippen LogP contribution in [0.2, 0.25) is 0 Å². The first-order chi connectivity index (χ1) is 11.2. The molecule has 4 heteroatoms. The van der Waals surface area contributed by atoms with Crippen molar-refractivity contribution in [2.24, 2.45) is 5.84 Å². The zero-order chi connectivity index (χ0) is 16.5. The van der Waals surface area contributed by atoms with Gasteiger partial charge in [0.25, 0.3) is 5.91 Å². The quantitative estimate of drug-likeness (QED) is 0.370. The van der Waals surface area contributed by atoms with Crippen molar-refractivity contribution in [2.45, 2.75) is 25.9 Å². The number of hydrogen-bond acceptors (Lipinski definition) is 3. The van der Waals surface area contributed by atoms with E-state index in [-0.39, 0.29) is 18.4 Å². The van der Waals surface area contributed by atoms with Gasteiger partial charge in [0.05, 0.1) is 6.42 Å². The third-order valence-electron chi connectivity index (χ3n) is 3.38. The summed E-state index contributed by atoms with van der Waals surface area (Å²) in [5.41, 5.74) is 2.03. The lowest BCUT2D eigenvalue weighted by atomic mass is 10.1. The van der Waals surface area contributed by atoms with Crippen LogP contribution < -0.4 is 5.84 Å². The molecule has 0 aliphatic rings. The molecule has 0 fully saturated rings. The smallest absolute Gasteiger partial charge is 0.265 e. The number of benzene rings is 2. The van der Waals surface area contributed by atoms with Crippen molar-refractivity contribution in [1.29, 1.82) is 0 Å². The number of amides is 1. The summed E-state index contributed by atoms with van der Waals surface area (Å²) in [6.07, 6.45) is 4.36. The van der Waals surface area contributed by atoms with Crippen LogP contribution in [0.4, 0.5) is 0 Å². The molecule has 0 radical (unpaired) electrons. The summed E-state index contributed by atoms with van der Waals surface area (Å²) < 4.78 is 0. The lowest BCUT2D eigenvalue weighted by Crippen LogP contribution is -2.41. The van der Waals surface area contributed by atoms with Gasteiger partial charge in [-0.25, -0.2) is 10.7 Å². The summed E-state index contributed by atoms with van der Waals surface area (Å²) in [4.78, 5) is 17.8. The molecule has 0 bridgehead atoms. The van der Waals surface area contributed by atoms with Crippen LogP contribution in [0.15, 0.2) is 72.8 Å². The second-order valence-electron chi connectivity index (χ2n) is 5.24. The zero-order valence-corrected chi connectivity index (χ0v) is 13.3. The first-order valence-corrected chi connectivity index (χ1v) is 7.64. The van der Waals surface area contributed by atoms with Crippen LogP contribution in [0.3, 0.4) is 0 Å². The van der Waals surface area contributed by atoms with Gasteiger partial charge in [-0.05, 0) is 18.1 Å². The van der Waals surface area contributed by atoms with Crippen LogP contribution in [-0.2, 0) is 22.5 Å². The first kappa shape index (κ1) is 16.9. The molecule has 0 heterocycles. The van der Waals surface area contributed by atoms with E-state index in [0.717, 1.165) is 16.3 Å². The molecule has 2 aromatic carbocycles. The Morgan fingerprint density at radius 1 is 1.09 bits per heavy atom. The second-order valence-corrected chi connectivity index (χ2v) is 5.24. The van der Waals surface area contributed by atoms with Gasteiger partial charge >= 0.3 is 0 Å². The first-order valence-electron chi connectivity index (χ1n) is 7.64. The van der Waals surface area contributed by atoms with E-state index in [0.29, 0.717) is 6.42 Å². The van der Waals surface area contributed by atoms with E-state index in [1.54, 1.807) is 0 Å². The lowest BCUT2D eigenvalue weighted by Gasteiger charge is -2.21. The van der Waals surface area contributed by atoms with E-state index < -0.39 is 0 Å². The summed E-state index contributed by atoms with van der Waals surface area (Å²) in [6, 6.07) is 19.4. The number of carbonyl (C=O) groups is 1. The minimum atomic E-state index is -0.285. The van der Waals surface area contributed by atoms with Crippen LogP contribution in [0.1, 0.15) is 18.1 Å². The number of carbonyl (C=O) groups excluding carboxylic acids is 1. The maximum Gasteiger partial charge on any atom is 0.265 e. The zero-order valence-electron chi connectivity index (χ0n) is 13.3. The molecule has 2 N–H and O–H groups in total. The third kappa shape index (κ3) is 5.70. The Kier molecular flexibility index (Phi) is 6.54. The van der Waals surface area contributed by atoms with Gasteiger partial charge in [-0.3, -0.25) is 4.79 Å². The normalized spacial score (nSPS) is 12.3. The largest absolute Gasteiger partial charge is 0.271 e. The monoisotopic (exact) mass is 310 g/mol. The van der Waals surface area contributed by atoms with Crippen LogP contribution in [0.25, 0.3) is 0 Å². The van der Waals surface area contributed by atoms with E-state index in [1.165, 1.54) is 0 Å². The number of allylic oxidation sites excluding steroid dienone is 1. The highest BCUT2D eigenvalue weighted by Crippen LogP contribution is 2.09. The van der Waals surface area contributed by atoms with Crippen molar-refractivity contribution in [3.63, 3.8) is 0 Å². The molecule has 0 aliphatic heterocycles. The number of hydroxylamine groups is 1. The van der Waals surface area contributed by atoms with Gasteiger partial charge in [0.15, 0.2) is 0 Å². The average molecular weight is 310 g/mol. The molecule has 1 atom stereocenters. The van der Waals surface area contributed by atoms with Gasteiger partial charge in [-0.15, -0.1) is 0 Å². The predicted octanol–water partition coefficient (Wildman–Crippen LogP) is 3.05. The van der Waals surface area contributed by atoms with Crippen molar-refractivity contribution in [3.05, 3.63) is 83.9 Å². The van der Waals surface area contributed by atoms with E-state index in [2.05, 4.69) is 0 Å². The van der Waals surface area contributed by atoms with Crippen molar-refractivity contribution in [3.8, 4) is 0 Å². The summed E-state index contributed by atoms with van der Waals surface area (Å²) in [6.45, 7) is 1.91. The minimum absolute atomic E-state index is 0.214. The fourth-order valence-corrected chi connectivity index (χ4v) is 2.25. The Labute approximate surface area is 137 Å². The van der Waals surface area contributed by atoms with Crippen molar-refractivity contribution >= 4 is 5.91 Å². The molecule has 1 amide bonds. The number of nitrogens with two attached hydrogens (primary N) is 1. The molecule has 0 aliphatic carbocycles. The molecule has 4 nitrogen and oxygen atoms in total. The van der Waals surface area contributed by atoms with Gasteiger partial charge in [0.1, 0.15) is 6.10 Å². The number of hydrogen-bond donors (Lipinski definition) is 1. The summed E-state index contributed by atoms with van der Waals surface area (Å²) >= 11 is 0. The molecule has 120 valence electrons. The number of hydrazine groups is 1. The van der Waals surface area contributed by atoms with Crippen LogP contribution >= 0.6 is 0 Å². The Bertz CT molecular complexity index is 626. The Hall–Kier alpha value is -2.43. The fourth-order valence-electron chi connectivity index (χ4n) is 2.25. The third-order valence-corrected chi connectivity index (χ3v) is 3.38. The summed E-state index contributed by atoms with van der Waals surface area (Å²) in [7, 11) is 0. The van der Waals surface area contributed by atoms with E-state index in [1.807, 2.05) is 79.7 Å². The number of nitrogens with zero attached hydrogens (tertiary/aromatic N) is 1. The van der Waals surface area contributed by atoms with E-state index in [9.17, 15) is 4.79 Å². The molecular weight excluding hydrogens is 288 g/mol. The summed E-state index contributed by atoms with van der Waals surface area (Å²) in [5, 5.41) is 0.848. The van der Waals surface area contributed by atoms with Crippen molar-refractivity contribution in [2.75, 3.05) is 0 Å². The lowest BCUT2D eigenvalue weighted by molar-refractivity contribution is -0.199. The highest BCUT2D eigenvalue weighted by Gasteiger charge is 2.16. The highest BCUT2D eigenvalue weighted by atomic mass is 16.7. The van der Waals surface area contributed by atoms with Gasteiger partial charge in [0.2, 0.25) is 0 Å². The molecule has 0 saturated heterocycles. The predicted molar refractivity (Wildman–Crippen MR) is 91.0 cm³/mol. The Balaban J connectivity index is 1.94. The average Bonchev–Trinajstić information content (AvgIpc) is 2.57. The standard InChI is InChI=1S/C19H22N2O2/c1-2-9-18(14-16-10-5-3-6-11-16)23-21(20)19(22)15-17-12-7-4-8-13-17/h2-13,18H,14-15,20H2,1H3. The topological polar surface area (TPSA) is 55.6 Å². The highest BCUT2D eigenvalue weighted by molar-refractivity contribution is 5.77. The number of rotatable bonds is 7. The summed E-state index contributed by atoms with van der Waals surface area (Å²) in [5.74, 6) is 5.50. The van der Waals surface area contributed by atoms with Crippen molar-refractivity contribution in [1.82, 2.24) is 5.17 Å². The Morgan fingerprint density at radius 2 is 1.65 bits per heavy atom. The molecule has 1 unspecified atom stereocenters. The van der Waals surface area contributed by atoms with Crippen LogP contribution in [0.5, 0.6) is 0 Å². The van der Waals surface area contributed by atoms with Crippen LogP contribution in [-0.4, -0.2) is 17.2 Å². The van der Waals surface area contributed by atoms with Crippen LogP contribution in [0, 0.1) is 0 Å². The van der Waals surface area contributed by atoms with Gasteiger partial charge in [-0.2, -0.15) is 5.17 Å². The maximum absolute atomic E-state index is 12.2. The second kappa shape index (κ2) is 8.88. The van der Waals surface area contributed by atoms with Gasteiger partial charge in [0, 0.05) is 6.42 Å². The van der Waals surface area contributed by atoms with E-state index >= 15 is 0 Å². The molecule has 23 heavy (non-hydrogen) atoms. The maximum atomic E-state index is 12.2. The van der Waals surface area contributed by atoms with Gasteiger partial charge < -0.3 is 0 Å². The molecule has 0 spiro atoms. The fraction of sp³-hybridized carbons (Fsp3) is 0.211. The minimum Gasteiger partial charge on any atom is -0.271 e. The molecule has 0 aromatic heterocycles. The Morgan fingerprint density at radius 3 is 2.22 bits per heavy atom. The van der Waals surface area contributed by atoms with Crippen molar-refractivity contribution < 1.29 is 9.63 Å². The molecule has 2 rings (SSSR count).